The first-order valence-electron chi connectivity index (χ1n) is 3.53. The van der Waals surface area contributed by atoms with Crippen LogP contribution in [0.15, 0.2) is 0 Å². The Balaban J connectivity index is 3.82. The molecule has 0 spiro atoms. The number of nitrogens with one attached hydrogen (secondary N) is 1. The molecule has 11 heavy (non-hydrogen) atoms. The van der Waals surface area contributed by atoms with Crippen LogP contribution in [-0.4, -0.2) is 16.8 Å². The molecule has 0 saturated heterocycles. The van der Waals surface area contributed by atoms with Crippen molar-refractivity contribution in [1.29, 1.82) is 0 Å². The molecule has 4 nitrogen and oxygen atoms in total. The zero-order chi connectivity index (χ0) is 9.07. The molecule has 2 N–H and O–H groups in total. The van der Waals surface area contributed by atoms with Gasteiger partial charge in [-0.25, -0.2) is 4.79 Å². The van der Waals surface area contributed by atoms with Gasteiger partial charge in [0.25, 0.3) is 0 Å². The van der Waals surface area contributed by atoms with Crippen molar-refractivity contribution in [3.05, 3.63) is 0 Å². The molecule has 0 fully saturated rings. The van der Waals surface area contributed by atoms with Gasteiger partial charge in [-0.3, -0.25) is 4.84 Å². The van der Waals surface area contributed by atoms with E-state index in [1.807, 2.05) is 33.2 Å². The Morgan fingerprint density at radius 3 is 2.27 bits per heavy atom. The summed E-state index contributed by atoms with van der Waals surface area (Å²) < 4.78 is 0. The highest BCUT2D eigenvalue weighted by atomic mass is 16.7. The fourth-order valence-corrected chi connectivity index (χ4v) is 0.293. The molecule has 0 aliphatic carbocycles. The van der Waals surface area contributed by atoms with E-state index in [4.69, 9.17) is 9.94 Å². The van der Waals surface area contributed by atoms with Crippen LogP contribution in [0.2, 0.25) is 0 Å². The molecule has 0 unspecified atom stereocenters. The molecule has 0 aromatic heterocycles. The Morgan fingerprint density at radius 1 is 1.55 bits per heavy atom. The minimum absolute atomic E-state index is 0.259. The van der Waals surface area contributed by atoms with Crippen LogP contribution in [0.4, 0.5) is 4.79 Å². The molecule has 0 aliphatic rings. The van der Waals surface area contributed by atoms with Crippen LogP contribution in [0.3, 0.4) is 0 Å². The quantitative estimate of drug-likeness (QED) is 0.618. The van der Waals surface area contributed by atoms with E-state index in [0.717, 1.165) is 0 Å². The number of hydroxylamine groups is 1. The second-order valence-corrected chi connectivity index (χ2v) is 3.27. The fraction of sp³-hybridized carbons (Fsp3) is 0.857. The molecule has 0 aliphatic heterocycles. The predicted molar refractivity (Wildman–Crippen MR) is 41.2 cm³/mol. The van der Waals surface area contributed by atoms with Crippen molar-refractivity contribution in [3.63, 3.8) is 0 Å². The van der Waals surface area contributed by atoms with E-state index in [0.29, 0.717) is 0 Å². The summed E-state index contributed by atoms with van der Waals surface area (Å²) in [5.41, 5.74) is 1.42. The van der Waals surface area contributed by atoms with E-state index in [1.54, 1.807) is 0 Å². The minimum atomic E-state index is -1.17. The summed E-state index contributed by atoms with van der Waals surface area (Å²) in [5, 5.41) is 8.22. The second kappa shape index (κ2) is 3.57. The number of hydrogen-bond donors (Lipinski definition) is 2. The lowest BCUT2D eigenvalue weighted by atomic mass is 9.95. The molecular weight excluding hydrogens is 146 g/mol. The molecule has 0 saturated carbocycles. The average molecular weight is 161 g/mol. The van der Waals surface area contributed by atoms with Crippen molar-refractivity contribution in [2.45, 2.75) is 33.3 Å². The Morgan fingerprint density at radius 2 is 2.00 bits per heavy atom. The monoisotopic (exact) mass is 161 g/mol. The molecule has 0 heterocycles. The van der Waals surface area contributed by atoms with E-state index in [9.17, 15) is 4.79 Å². The third-order valence-electron chi connectivity index (χ3n) is 1.79. The third-order valence-corrected chi connectivity index (χ3v) is 1.79. The lowest BCUT2D eigenvalue weighted by molar-refractivity contribution is -0.0986. The van der Waals surface area contributed by atoms with Gasteiger partial charge in [-0.05, 0) is 19.8 Å². The topological polar surface area (TPSA) is 58.6 Å². The normalized spacial score (nSPS) is 11.7. The molecular formula is C7H15NO3. The molecule has 66 valence electrons. The van der Waals surface area contributed by atoms with Gasteiger partial charge in [0.1, 0.15) is 0 Å². The van der Waals surface area contributed by atoms with Gasteiger partial charge in [0.15, 0.2) is 0 Å². The van der Waals surface area contributed by atoms with E-state index in [-0.39, 0.29) is 5.92 Å². The molecule has 0 radical (unpaired) electrons. The standard InChI is InChI=1S/C7H15NO3/c1-5(2)7(3,4)11-8-6(9)10/h5,8H,1-4H3,(H,9,10). The van der Waals surface area contributed by atoms with Crippen molar-refractivity contribution in [1.82, 2.24) is 5.48 Å². The molecule has 1 amide bonds. The highest BCUT2D eigenvalue weighted by Crippen LogP contribution is 2.18. The van der Waals surface area contributed by atoms with Gasteiger partial charge in [0, 0.05) is 0 Å². The first-order chi connectivity index (χ1) is 4.86. The van der Waals surface area contributed by atoms with Crippen molar-refractivity contribution in [2.24, 2.45) is 5.92 Å². The molecule has 4 heteroatoms. The first kappa shape index (κ1) is 10.2. The Bertz CT molecular complexity index is 143. The second-order valence-electron chi connectivity index (χ2n) is 3.27. The third kappa shape index (κ3) is 3.83. The van der Waals surface area contributed by atoms with Crippen LogP contribution in [-0.2, 0) is 4.84 Å². The van der Waals surface area contributed by atoms with E-state index in [2.05, 4.69) is 0 Å². The summed E-state index contributed by atoms with van der Waals surface area (Å²) in [6.45, 7) is 7.58. The van der Waals surface area contributed by atoms with E-state index < -0.39 is 11.7 Å². The highest BCUT2D eigenvalue weighted by Gasteiger charge is 2.24. The summed E-state index contributed by atoms with van der Waals surface area (Å²) >= 11 is 0. The van der Waals surface area contributed by atoms with Crippen LogP contribution in [0.25, 0.3) is 0 Å². The lowest BCUT2D eigenvalue weighted by Gasteiger charge is -2.27. The van der Waals surface area contributed by atoms with Crippen molar-refractivity contribution in [3.8, 4) is 0 Å². The summed E-state index contributed by atoms with van der Waals surface area (Å²) in [6.07, 6.45) is -1.17. The van der Waals surface area contributed by atoms with Gasteiger partial charge >= 0.3 is 6.09 Å². The SMILES string of the molecule is CC(C)C(C)(C)ONC(=O)O. The minimum Gasteiger partial charge on any atom is -0.464 e. The number of carbonyl (C=O) groups is 1. The van der Waals surface area contributed by atoms with Gasteiger partial charge < -0.3 is 5.11 Å². The van der Waals surface area contributed by atoms with Crippen LogP contribution >= 0.6 is 0 Å². The van der Waals surface area contributed by atoms with Crippen molar-refractivity contribution >= 4 is 6.09 Å². The van der Waals surface area contributed by atoms with Crippen LogP contribution < -0.4 is 5.48 Å². The van der Waals surface area contributed by atoms with Gasteiger partial charge in [-0.1, -0.05) is 13.8 Å². The van der Waals surface area contributed by atoms with Gasteiger partial charge in [0.05, 0.1) is 5.60 Å². The van der Waals surface area contributed by atoms with Crippen molar-refractivity contribution in [2.75, 3.05) is 0 Å². The predicted octanol–water partition coefficient (Wildman–Crippen LogP) is 1.62. The summed E-state index contributed by atoms with van der Waals surface area (Å²) in [4.78, 5) is 14.9. The molecule has 0 rings (SSSR count). The highest BCUT2D eigenvalue weighted by molar-refractivity contribution is 5.62. The molecule has 0 atom stereocenters. The Labute approximate surface area is 66.5 Å². The number of amides is 1. The van der Waals surface area contributed by atoms with E-state index in [1.165, 1.54) is 0 Å². The fourth-order valence-electron chi connectivity index (χ4n) is 0.293. The smallest absolute Gasteiger partial charge is 0.428 e. The van der Waals surface area contributed by atoms with Gasteiger partial charge in [-0.15, -0.1) is 0 Å². The maximum Gasteiger partial charge on any atom is 0.428 e. The summed E-state index contributed by atoms with van der Waals surface area (Å²) in [5.74, 6) is 0.259. The number of carboxylic acid groups (broad SMARTS) is 1. The van der Waals surface area contributed by atoms with Crippen LogP contribution in [0.1, 0.15) is 27.7 Å². The van der Waals surface area contributed by atoms with Gasteiger partial charge in [-0.2, -0.15) is 5.48 Å². The number of rotatable bonds is 3. The van der Waals surface area contributed by atoms with Gasteiger partial charge in [0.2, 0.25) is 0 Å². The molecule has 0 aromatic carbocycles. The average Bonchev–Trinajstić information content (AvgIpc) is 1.84. The Kier molecular flexibility index (Phi) is 3.32. The van der Waals surface area contributed by atoms with Crippen LogP contribution in [0.5, 0.6) is 0 Å². The molecule has 0 bridgehead atoms. The summed E-state index contributed by atoms with van der Waals surface area (Å²) in [7, 11) is 0. The largest absolute Gasteiger partial charge is 0.464 e. The maximum atomic E-state index is 10.0. The zero-order valence-electron chi connectivity index (χ0n) is 7.34. The summed E-state index contributed by atoms with van der Waals surface area (Å²) in [6, 6.07) is 0. The maximum absolute atomic E-state index is 10.0. The number of hydrogen-bond acceptors (Lipinski definition) is 2. The first-order valence-corrected chi connectivity index (χ1v) is 3.53. The zero-order valence-corrected chi connectivity index (χ0v) is 7.34. The molecule has 0 aromatic rings. The lowest BCUT2D eigenvalue weighted by Crippen LogP contribution is -2.39. The van der Waals surface area contributed by atoms with Crippen LogP contribution in [0, 0.1) is 5.92 Å². The van der Waals surface area contributed by atoms with E-state index >= 15 is 0 Å². The Hall–Kier alpha value is -0.770. The van der Waals surface area contributed by atoms with Crippen molar-refractivity contribution < 1.29 is 14.7 Å².